The van der Waals surface area contributed by atoms with E-state index in [9.17, 15) is 23.1 Å². The van der Waals surface area contributed by atoms with Crippen molar-refractivity contribution in [2.45, 2.75) is 30.3 Å². The summed E-state index contributed by atoms with van der Waals surface area (Å²) in [5, 5.41) is 12.1. The number of aliphatic carboxylic acids is 1. The molecule has 0 unspecified atom stereocenters. The Bertz CT molecular complexity index is 997. The van der Waals surface area contributed by atoms with E-state index in [4.69, 9.17) is 0 Å². The molecule has 9 heteroatoms. The summed E-state index contributed by atoms with van der Waals surface area (Å²) in [6.07, 6.45) is 3.49. The highest BCUT2D eigenvalue weighted by Gasteiger charge is 2.30. The highest BCUT2D eigenvalue weighted by atomic mass is 32.2. The summed E-state index contributed by atoms with van der Waals surface area (Å²) >= 11 is 0. The smallest absolute Gasteiger partial charge is 0.326 e. The number of aromatic nitrogens is 2. The van der Waals surface area contributed by atoms with Crippen molar-refractivity contribution in [3.8, 4) is 0 Å². The summed E-state index contributed by atoms with van der Waals surface area (Å²) in [6, 6.07) is 5.50. The maximum Gasteiger partial charge on any atom is 0.326 e. The Morgan fingerprint density at radius 2 is 2.20 bits per heavy atom. The van der Waals surface area contributed by atoms with E-state index in [0.717, 1.165) is 6.26 Å². The van der Waals surface area contributed by atoms with Crippen molar-refractivity contribution in [1.29, 1.82) is 0 Å². The quantitative estimate of drug-likeness (QED) is 0.808. The highest BCUT2D eigenvalue weighted by Crippen LogP contribution is 2.23. The molecule has 0 saturated carbocycles. The van der Waals surface area contributed by atoms with E-state index < -0.39 is 27.4 Å². The normalized spacial score (nSPS) is 16.4. The van der Waals surface area contributed by atoms with Gasteiger partial charge in [-0.1, -0.05) is 12.1 Å². The molecule has 1 aromatic carbocycles. The van der Waals surface area contributed by atoms with E-state index in [1.165, 1.54) is 22.9 Å². The second-order valence-electron chi connectivity index (χ2n) is 5.94. The minimum Gasteiger partial charge on any atom is -0.480 e. The molecule has 132 valence electrons. The number of sulfone groups is 1. The first-order valence-electron chi connectivity index (χ1n) is 7.63. The topological polar surface area (TPSA) is 118 Å². The maximum atomic E-state index is 12.5. The number of rotatable bonds is 5. The molecule has 0 radical (unpaired) electrons. The minimum absolute atomic E-state index is 0.0432. The van der Waals surface area contributed by atoms with Gasteiger partial charge >= 0.3 is 5.97 Å². The van der Waals surface area contributed by atoms with Crippen LogP contribution in [0.2, 0.25) is 0 Å². The third-order valence-electron chi connectivity index (χ3n) is 4.13. The molecule has 3 rings (SSSR count). The lowest BCUT2D eigenvalue weighted by molar-refractivity contribution is -0.140. The van der Waals surface area contributed by atoms with Gasteiger partial charge in [0.25, 0.3) is 5.56 Å². The van der Waals surface area contributed by atoms with Crippen LogP contribution in [0.5, 0.6) is 0 Å². The first-order valence-corrected chi connectivity index (χ1v) is 9.52. The van der Waals surface area contributed by atoms with Crippen molar-refractivity contribution in [3.05, 3.63) is 52.1 Å². The average Bonchev–Trinajstić information content (AvgIpc) is 2.99. The van der Waals surface area contributed by atoms with E-state index in [0.29, 0.717) is 24.1 Å². The molecule has 0 bridgehead atoms. The number of carboxylic acids is 1. The number of benzene rings is 1. The summed E-state index contributed by atoms with van der Waals surface area (Å²) in [6.45, 7) is 0.197. The molecule has 2 N–H and O–H groups in total. The molecule has 1 aromatic heterocycles. The molecule has 1 aliphatic rings. The lowest BCUT2D eigenvalue weighted by Crippen LogP contribution is -2.30. The fourth-order valence-corrected chi connectivity index (χ4v) is 3.56. The molecule has 0 spiro atoms. The van der Waals surface area contributed by atoms with E-state index in [2.05, 4.69) is 10.3 Å². The monoisotopic (exact) mass is 363 g/mol. The summed E-state index contributed by atoms with van der Waals surface area (Å²) in [4.78, 5) is 28.0. The lowest BCUT2D eigenvalue weighted by atomic mass is 10.2. The van der Waals surface area contributed by atoms with Gasteiger partial charge < -0.3 is 10.4 Å². The number of anilines is 1. The van der Waals surface area contributed by atoms with Crippen LogP contribution in [-0.4, -0.2) is 35.3 Å². The van der Waals surface area contributed by atoms with Crippen molar-refractivity contribution < 1.29 is 18.3 Å². The van der Waals surface area contributed by atoms with Crippen molar-refractivity contribution in [2.75, 3.05) is 11.6 Å². The van der Waals surface area contributed by atoms with Crippen molar-refractivity contribution in [2.24, 2.45) is 0 Å². The second-order valence-corrected chi connectivity index (χ2v) is 7.95. The van der Waals surface area contributed by atoms with E-state index in [1.807, 2.05) is 0 Å². The van der Waals surface area contributed by atoms with Crippen LogP contribution in [0.4, 0.5) is 5.82 Å². The van der Waals surface area contributed by atoms with Gasteiger partial charge in [0.2, 0.25) is 0 Å². The van der Waals surface area contributed by atoms with Crippen LogP contribution in [0.25, 0.3) is 0 Å². The maximum absolute atomic E-state index is 12.5. The number of carbonyl (C=O) groups is 1. The fourth-order valence-electron chi connectivity index (χ4n) is 2.87. The third-order valence-corrected chi connectivity index (χ3v) is 5.24. The zero-order valence-corrected chi connectivity index (χ0v) is 14.3. The zero-order chi connectivity index (χ0) is 18.2. The fraction of sp³-hybridized carbons (Fsp3) is 0.312. The van der Waals surface area contributed by atoms with Gasteiger partial charge in [0.15, 0.2) is 15.7 Å². The molecular formula is C16H17N3O5S. The molecule has 2 heterocycles. The first kappa shape index (κ1) is 17.2. The molecular weight excluding hydrogens is 346 g/mol. The number of fused-ring (bicyclic) bond motifs is 1. The first-order chi connectivity index (χ1) is 11.8. The summed E-state index contributed by atoms with van der Waals surface area (Å²) in [7, 11) is -3.32. The molecule has 25 heavy (non-hydrogen) atoms. The average molecular weight is 363 g/mol. The van der Waals surface area contributed by atoms with Gasteiger partial charge in [-0.3, -0.25) is 9.36 Å². The van der Waals surface area contributed by atoms with E-state index >= 15 is 0 Å². The van der Waals surface area contributed by atoms with Gasteiger partial charge in [-0.25, -0.2) is 18.2 Å². The van der Waals surface area contributed by atoms with Gasteiger partial charge in [0.1, 0.15) is 6.04 Å². The van der Waals surface area contributed by atoms with Gasteiger partial charge in [0, 0.05) is 24.7 Å². The molecule has 8 nitrogen and oxygen atoms in total. The van der Waals surface area contributed by atoms with Crippen LogP contribution in [0.15, 0.2) is 40.2 Å². The van der Waals surface area contributed by atoms with Crippen molar-refractivity contribution in [3.63, 3.8) is 0 Å². The van der Waals surface area contributed by atoms with Gasteiger partial charge in [-0.05, 0) is 30.5 Å². The molecule has 0 amide bonds. The summed E-state index contributed by atoms with van der Waals surface area (Å²) in [5.41, 5.74) is 0.785. The number of nitrogens with one attached hydrogen (secondary N) is 1. The standard InChI is InChI=1S/C16H17N3O5S/c1-25(23,24)12-4-2-3-10(7-12)8-17-14-15(20)19-11(9-18-14)5-6-13(19)16(21)22/h2-4,7,9,13H,5-6,8H2,1H3,(H,17,18)(H,21,22)/t13-/m0/s1. The largest absolute Gasteiger partial charge is 0.480 e. The van der Waals surface area contributed by atoms with Crippen LogP contribution >= 0.6 is 0 Å². The second kappa shape index (κ2) is 6.32. The van der Waals surface area contributed by atoms with Gasteiger partial charge in [-0.2, -0.15) is 0 Å². The van der Waals surface area contributed by atoms with Crippen LogP contribution in [0, 0.1) is 0 Å². The Kier molecular flexibility index (Phi) is 4.34. The zero-order valence-electron chi connectivity index (χ0n) is 13.5. The summed E-state index contributed by atoms with van der Waals surface area (Å²) in [5.74, 6) is -1.000. The molecule has 1 atom stereocenters. The van der Waals surface area contributed by atoms with Crippen molar-refractivity contribution in [1.82, 2.24) is 9.55 Å². The number of hydrogen-bond donors (Lipinski definition) is 2. The van der Waals surface area contributed by atoms with Crippen LogP contribution < -0.4 is 10.9 Å². The Hall–Kier alpha value is -2.68. The SMILES string of the molecule is CS(=O)(=O)c1cccc(CNc2ncc3n(c2=O)[C@H](C(=O)O)CC3)c1. The molecule has 0 fully saturated rings. The van der Waals surface area contributed by atoms with E-state index in [-0.39, 0.29) is 17.3 Å². The van der Waals surface area contributed by atoms with Gasteiger partial charge in [0.05, 0.1) is 4.90 Å². The number of aryl methyl sites for hydroxylation is 1. The van der Waals surface area contributed by atoms with Crippen LogP contribution in [0.1, 0.15) is 23.7 Å². The highest BCUT2D eigenvalue weighted by molar-refractivity contribution is 7.90. The molecule has 0 saturated heterocycles. The minimum atomic E-state index is -3.32. The molecule has 2 aromatic rings. The Morgan fingerprint density at radius 3 is 2.88 bits per heavy atom. The van der Waals surface area contributed by atoms with Crippen molar-refractivity contribution >= 4 is 21.6 Å². The number of hydrogen-bond acceptors (Lipinski definition) is 6. The summed E-state index contributed by atoms with van der Waals surface area (Å²) < 4.78 is 24.5. The van der Waals surface area contributed by atoms with Crippen LogP contribution in [-0.2, 0) is 27.6 Å². The Morgan fingerprint density at radius 1 is 1.44 bits per heavy atom. The van der Waals surface area contributed by atoms with Gasteiger partial charge in [-0.15, -0.1) is 0 Å². The lowest BCUT2D eigenvalue weighted by Gasteiger charge is -2.12. The number of carboxylic acid groups (broad SMARTS) is 1. The molecule has 0 aliphatic carbocycles. The van der Waals surface area contributed by atoms with Crippen LogP contribution in [0.3, 0.4) is 0 Å². The number of nitrogens with zero attached hydrogens (tertiary/aromatic N) is 2. The predicted molar refractivity (Wildman–Crippen MR) is 90.4 cm³/mol. The Balaban J connectivity index is 1.85. The Labute approximate surface area is 144 Å². The molecule has 1 aliphatic heterocycles. The van der Waals surface area contributed by atoms with E-state index in [1.54, 1.807) is 12.1 Å². The predicted octanol–water partition coefficient (Wildman–Crippen LogP) is 0.831. The third kappa shape index (κ3) is 3.41.